The molecule has 0 bridgehead atoms. The zero-order chi connectivity index (χ0) is 14.8. The van der Waals surface area contributed by atoms with Crippen molar-refractivity contribution in [3.8, 4) is 11.5 Å². The number of aryl methyl sites for hydroxylation is 1. The zero-order valence-corrected chi connectivity index (χ0v) is 12.5. The molecule has 21 heavy (non-hydrogen) atoms. The fraction of sp³-hybridized carbons (Fsp3) is 0.375. The second kappa shape index (κ2) is 5.60. The molecule has 1 atom stereocenters. The Morgan fingerprint density at radius 1 is 1.33 bits per heavy atom. The first-order valence-electron chi connectivity index (χ1n) is 7.04. The van der Waals surface area contributed by atoms with Gasteiger partial charge in [0.2, 0.25) is 5.95 Å². The van der Waals surface area contributed by atoms with E-state index in [9.17, 15) is 0 Å². The van der Waals surface area contributed by atoms with Crippen molar-refractivity contribution in [1.29, 1.82) is 0 Å². The van der Waals surface area contributed by atoms with Crippen LogP contribution in [0.25, 0.3) is 0 Å². The predicted molar refractivity (Wildman–Crippen MR) is 80.9 cm³/mol. The van der Waals surface area contributed by atoms with Crippen molar-refractivity contribution in [1.82, 2.24) is 9.97 Å². The summed E-state index contributed by atoms with van der Waals surface area (Å²) in [6.45, 7) is 4.63. The Hall–Kier alpha value is -2.30. The summed E-state index contributed by atoms with van der Waals surface area (Å²) in [7, 11) is 1.69. The van der Waals surface area contributed by atoms with Crippen LogP contribution in [0, 0.1) is 6.92 Å². The molecule has 0 spiro atoms. The van der Waals surface area contributed by atoms with Gasteiger partial charge in [-0.05, 0) is 31.5 Å². The van der Waals surface area contributed by atoms with E-state index in [1.807, 2.05) is 13.0 Å². The second-order valence-electron chi connectivity index (χ2n) is 5.34. The number of methoxy groups -OCH3 is 1. The molecule has 5 heteroatoms. The molecule has 0 amide bonds. The van der Waals surface area contributed by atoms with Gasteiger partial charge in [0, 0.05) is 36.5 Å². The van der Waals surface area contributed by atoms with E-state index in [1.54, 1.807) is 19.5 Å². The average molecular weight is 285 g/mol. The van der Waals surface area contributed by atoms with Gasteiger partial charge in [-0.25, -0.2) is 9.97 Å². The van der Waals surface area contributed by atoms with E-state index in [4.69, 9.17) is 9.47 Å². The number of rotatable bonds is 4. The first-order chi connectivity index (χ1) is 10.2. The SMILES string of the molecule is COc1cc2c(cc1CNc1ncc(C)cn1)OC(C)C2. The number of ether oxygens (including phenoxy) is 2. The Labute approximate surface area is 124 Å². The van der Waals surface area contributed by atoms with Gasteiger partial charge in [0.05, 0.1) is 7.11 Å². The maximum atomic E-state index is 5.80. The Balaban J connectivity index is 1.78. The van der Waals surface area contributed by atoms with Gasteiger partial charge in [0.15, 0.2) is 0 Å². The molecule has 1 N–H and O–H groups in total. The summed E-state index contributed by atoms with van der Waals surface area (Å²) in [6.07, 6.45) is 4.74. The summed E-state index contributed by atoms with van der Waals surface area (Å²) in [5, 5.41) is 3.21. The minimum absolute atomic E-state index is 0.230. The molecular formula is C16H19N3O2. The number of anilines is 1. The lowest BCUT2D eigenvalue weighted by molar-refractivity contribution is 0.254. The van der Waals surface area contributed by atoms with Crippen LogP contribution in [-0.4, -0.2) is 23.2 Å². The van der Waals surface area contributed by atoms with E-state index in [0.29, 0.717) is 12.5 Å². The fourth-order valence-corrected chi connectivity index (χ4v) is 2.47. The molecule has 1 unspecified atom stereocenters. The number of benzene rings is 1. The molecule has 0 fully saturated rings. The van der Waals surface area contributed by atoms with Crippen LogP contribution in [0.5, 0.6) is 11.5 Å². The topological polar surface area (TPSA) is 56.3 Å². The second-order valence-corrected chi connectivity index (χ2v) is 5.34. The van der Waals surface area contributed by atoms with E-state index in [0.717, 1.165) is 29.0 Å². The van der Waals surface area contributed by atoms with Crippen LogP contribution >= 0.6 is 0 Å². The summed E-state index contributed by atoms with van der Waals surface area (Å²) in [6, 6.07) is 4.10. The average Bonchev–Trinajstić information content (AvgIpc) is 2.84. The minimum Gasteiger partial charge on any atom is -0.496 e. The summed E-state index contributed by atoms with van der Waals surface area (Å²) < 4.78 is 11.3. The molecule has 0 saturated carbocycles. The number of nitrogens with one attached hydrogen (secondary N) is 1. The molecule has 2 aromatic rings. The van der Waals surface area contributed by atoms with Crippen molar-refractivity contribution in [2.75, 3.05) is 12.4 Å². The quantitative estimate of drug-likeness (QED) is 0.936. The van der Waals surface area contributed by atoms with Crippen LogP contribution in [0.1, 0.15) is 23.6 Å². The highest BCUT2D eigenvalue weighted by atomic mass is 16.5. The molecule has 1 aliphatic rings. The number of nitrogens with zero attached hydrogens (tertiary/aromatic N) is 2. The number of aromatic nitrogens is 2. The zero-order valence-electron chi connectivity index (χ0n) is 12.5. The van der Waals surface area contributed by atoms with Crippen molar-refractivity contribution < 1.29 is 9.47 Å². The van der Waals surface area contributed by atoms with Crippen molar-refractivity contribution in [3.05, 3.63) is 41.2 Å². The lowest BCUT2D eigenvalue weighted by atomic mass is 10.1. The molecule has 0 saturated heterocycles. The van der Waals surface area contributed by atoms with Gasteiger partial charge in [-0.3, -0.25) is 0 Å². The van der Waals surface area contributed by atoms with Crippen LogP contribution in [0.2, 0.25) is 0 Å². The highest BCUT2D eigenvalue weighted by Gasteiger charge is 2.21. The normalized spacial score (nSPS) is 16.2. The first-order valence-corrected chi connectivity index (χ1v) is 7.04. The van der Waals surface area contributed by atoms with Crippen LogP contribution < -0.4 is 14.8 Å². The van der Waals surface area contributed by atoms with Gasteiger partial charge in [-0.1, -0.05) is 0 Å². The van der Waals surface area contributed by atoms with Crippen molar-refractivity contribution >= 4 is 5.95 Å². The minimum atomic E-state index is 0.230. The molecule has 0 aliphatic carbocycles. The van der Waals surface area contributed by atoms with E-state index >= 15 is 0 Å². The van der Waals surface area contributed by atoms with E-state index < -0.39 is 0 Å². The largest absolute Gasteiger partial charge is 0.496 e. The maximum Gasteiger partial charge on any atom is 0.222 e. The lowest BCUT2D eigenvalue weighted by Gasteiger charge is -2.12. The van der Waals surface area contributed by atoms with E-state index in [2.05, 4.69) is 28.3 Å². The van der Waals surface area contributed by atoms with E-state index in [1.165, 1.54) is 5.56 Å². The molecule has 110 valence electrons. The molecule has 3 rings (SSSR count). The lowest BCUT2D eigenvalue weighted by Crippen LogP contribution is -2.06. The van der Waals surface area contributed by atoms with Crippen molar-refractivity contribution in [2.45, 2.75) is 32.9 Å². The molecule has 1 aromatic heterocycles. The van der Waals surface area contributed by atoms with Crippen LogP contribution in [-0.2, 0) is 13.0 Å². The number of fused-ring (bicyclic) bond motifs is 1. The molecule has 5 nitrogen and oxygen atoms in total. The standard InChI is InChI=1S/C16H19N3O2/c1-10-7-17-16(18-8-10)19-9-13-6-15-12(4-11(2)21-15)5-14(13)20-3/h5-8,11H,4,9H2,1-3H3,(H,17,18,19). The van der Waals surface area contributed by atoms with Gasteiger partial charge in [0.25, 0.3) is 0 Å². The van der Waals surface area contributed by atoms with Gasteiger partial charge < -0.3 is 14.8 Å². The first kappa shape index (κ1) is 13.7. The van der Waals surface area contributed by atoms with Gasteiger partial charge in [0.1, 0.15) is 17.6 Å². The molecule has 1 aromatic carbocycles. The molecule has 0 radical (unpaired) electrons. The Morgan fingerprint density at radius 2 is 2.10 bits per heavy atom. The summed E-state index contributed by atoms with van der Waals surface area (Å²) in [4.78, 5) is 8.48. The molecule has 1 aliphatic heterocycles. The Kier molecular flexibility index (Phi) is 3.64. The third-order valence-corrected chi connectivity index (χ3v) is 3.52. The maximum absolute atomic E-state index is 5.80. The third kappa shape index (κ3) is 2.91. The highest BCUT2D eigenvalue weighted by Crippen LogP contribution is 2.35. The Bertz CT molecular complexity index is 641. The van der Waals surface area contributed by atoms with Crippen LogP contribution in [0.15, 0.2) is 24.5 Å². The van der Waals surface area contributed by atoms with Gasteiger partial charge >= 0.3 is 0 Å². The van der Waals surface area contributed by atoms with Crippen LogP contribution in [0.4, 0.5) is 5.95 Å². The van der Waals surface area contributed by atoms with Gasteiger partial charge in [-0.15, -0.1) is 0 Å². The molecule has 2 heterocycles. The molecular weight excluding hydrogens is 266 g/mol. The van der Waals surface area contributed by atoms with Crippen molar-refractivity contribution in [2.24, 2.45) is 0 Å². The predicted octanol–water partition coefficient (Wildman–Crippen LogP) is 2.73. The summed E-state index contributed by atoms with van der Waals surface area (Å²) in [5.41, 5.74) is 3.28. The number of hydrogen-bond donors (Lipinski definition) is 1. The van der Waals surface area contributed by atoms with E-state index in [-0.39, 0.29) is 6.10 Å². The van der Waals surface area contributed by atoms with Crippen LogP contribution in [0.3, 0.4) is 0 Å². The summed E-state index contributed by atoms with van der Waals surface area (Å²) in [5.74, 6) is 2.42. The number of hydrogen-bond acceptors (Lipinski definition) is 5. The fourth-order valence-electron chi connectivity index (χ4n) is 2.47. The highest BCUT2D eigenvalue weighted by molar-refractivity contribution is 5.49. The Morgan fingerprint density at radius 3 is 2.81 bits per heavy atom. The van der Waals surface area contributed by atoms with Gasteiger partial charge in [-0.2, -0.15) is 0 Å². The monoisotopic (exact) mass is 285 g/mol. The smallest absolute Gasteiger partial charge is 0.222 e. The summed E-state index contributed by atoms with van der Waals surface area (Å²) >= 11 is 0. The van der Waals surface area contributed by atoms with Crippen molar-refractivity contribution in [3.63, 3.8) is 0 Å². The third-order valence-electron chi connectivity index (χ3n) is 3.52.